The van der Waals surface area contributed by atoms with Gasteiger partial charge in [0.2, 0.25) is 0 Å². The lowest BCUT2D eigenvalue weighted by Crippen LogP contribution is -2.16. The Bertz CT molecular complexity index is 496. The first kappa shape index (κ1) is 10.6. The minimum absolute atomic E-state index is 0.716. The molecule has 1 saturated carbocycles. The summed E-state index contributed by atoms with van der Waals surface area (Å²) in [7, 11) is 0. The fourth-order valence-corrected chi connectivity index (χ4v) is 1.91. The molecular weight excluding hydrogens is 214 g/mol. The van der Waals surface area contributed by atoms with Crippen LogP contribution in [0.4, 0.5) is 0 Å². The van der Waals surface area contributed by atoms with Crippen molar-refractivity contribution in [3.63, 3.8) is 0 Å². The number of furan rings is 1. The van der Waals surface area contributed by atoms with Crippen molar-refractivity contribution in [2.24, 2.45) is 0 Å². The molecular formula is C13H17N3O. The molecule has 0 saturated heterocycles. The Morgan fingerprint density at radius 3 is 3.06 bits per heavy atom. The van der Waals surface area contributed by atoms with Crippen molar-refractivity contribution in [3.8, 4) is 0 Å². The monoisotopic (exact) mass is 231 g/mol. The maximum Gasteiger partial charge on any atom is 0.129 e. The van der Waals surface area contributed by atoms with Gasteiger partial charge in [-0.15, -0.1) is 0 Å². The molecule has 4 heteroatoms. The van der Waals surface area contributed by atoms with E-state index in [1.54, 1.807) is 6.26 Å². The highest BCUT2D eigenvalue weighted by Crippen LogP contribution is 2.20. The van der Waals surface area contributed by atoms with Gasteiger partial charge in [-0.1, -0.05) is 0 Å². The van der Waals surface area contributed by atoms with Gasteiger partial charge < -0.3 is 9.73 Å². The van der Waals surface area contributed by atoms with Gasteiger partial charge in [-0.25, -0.2) is 0 Å². The van der Waals surface area contributed by atoms with Crippen molar-refractivity contribution in [3.05, 3.63) is 41.6 Å². The van der Waals surface area contributed by atoms with E-state index in [0.29, 0.717) is 6.54 Å². The smallest absolute Gasteiger partial charge is 0.129 e. The minimum Gasteiger partial charge on any atom is -0.467 e. The van der Waals surface area contributed by atoms with Crippen LogP contribution in [-0.2, 0) is 13.1 Å². The normalized spacial score (nSPS) is 15.4. The Balaban J connectivity index is 1.69. The highest BCUT2D eigenvalue weighted by molar-refractivity contribution is 5.18. The van der Waals surface area contributed by atoms with Crippen LogP contribution in [0.1, 0.15) is 29.9 Å². The molecule has 1 fully saturated rings. The molecule has 17 heavy (non-hydrogen) atoms. The average molecular weight is 231 g/mol. The molecule has 1 aliphatic carbocycles. The van der Waals surface area contributed by atoms with E-state index in [9.17, 15) is 0 Å². The van der Waals surface area contributed by atoms with Crippen molar-refractivity contribution < 1.29 is 4.42 Å². The molecule has 0 aromatic carbocycles. The van der Waals surface area contributed by atoms with Gasteiger partial charge in [0.15, 0.2) is 0 Å². The van der Waals surface area contributed by atoms with Crippen LogP contribution >= 0.6 is 0 Å². The molecule has 90 valence electrons. The van der Waals surface area contributed by atoms with Crippen molar-refractivity contribution in [1.82, 2.24) is 15.1 Å². The summed E-state index contributed by atoms with van der Waals surface area (Å²) in [6.45, 7) is 3.67. The number of aryl methyl sites for hydroxylation is 1. The summed E-state index contributed by atoms with van der Waals surface area (Å²) < 4.78 is 7.50. The standard InChI is InChI=1S/C13H17N3O/c1-10-4-6-15-16(10)9-13-11(5-7-17-13)8-14-12-2-3-12/h4-7,12,14H,2-3,8-9H2,1H3. The molecule has 2 aromatic rings. The van der Waals surface area contributed by atoms with Crippen molar-refractivity contribution >= 4 is 0 Å². The highest BCUT2D eigenvalue weighted by atomic mass is 16.3. The van der Waals surface area contributed by atoms with E-state index in [1.807, 2.05) is 23.0 Å². The van der Waals surface area contributed by atoms with Gasteiger partial charge >= 0.3 is 0 Å². The summed E-state index contributed by atoms with van der Waals surface area (Å²) in [4.78, 5) is 0. The third kappa shape index (κ3) is 2.42. The number of nitrogens with zero attached hydrogens (tertiary/aromatic N) is 2. The molecule has 2 aromatic heterocycles. The van der Waals surface area contributed by atoms with Gasteiger partial charge in [-0.3, -0.25) is 4.68 Å². The number of aromatic nitrogens is 2. The van der Waals surface area contributed by atoms with Crippen LogP contribution in [0.25, 0.3) is 0 Å². The summed E-state index contributed by atoms with van der Waals surface area (Å²) in [6, 6.07) is 4.78. The van der Waals surface area contributed by atoms with E-state index in [1.165, 1.54) is 18.4 Å². The molecule has 2 heterocycles. The molecule has 0 aliphatic heterocycles. The highest BCUT2D eigenvalue weighted by Gasteiger charge is 2.21. The second-order valence-electron chi connectivity index (χ2n) is 4.65. The lowest BCUT2D eigenvalue weighted by Gasteiger charge is -2.05. The Hall–Kier alpha value is -1.55. The third-order valence-corrected chi connectivity index (χ3v) is 3.22. The predicted molar refractivity (Wildman–Crippen MR) is 64.6 cm³/mol. The molecule has 0 bridgehead atoms. The Labute approximate surface area is 101 Å². The quantitative estimate of drug-likeness (QED) is 0.856. The fraction of sp³-hybridized carbons (Fsp3) is 0.462. The second-order valence-corrected chi connectivity index (χ2v) is 4.65. The summed E-state index contributed by atoms with van der Waals surface area (Å²) in [5, 5.41) is 7.78. The summed E-state index contributed by atoms with van der Waals surface area (Å²) >= 11 is 0. The van der Waals surface area contributed by atoms with Gasteiger partial charge in [0.05, 0.1) is 12.8 Å². The minimum atomic E-state index is 0.716. The van der Waals surface area contributed by atoms with Crippen LogP contribution in [0.3, 0.4) is 0 Å². The molecule has 3 rings (SSSR count). The van der Waals surface area contributed by atoms with Crippen LogP contribution in [0.5, 0.6) is 0 Å². The summed E-state index contributed by atoms with van der Waals surface area (Å²) in [6.07, 6.45) is 6.20. The molecule has 1 N–H and O–H groups in total. The Morgan fingerprint density at radius 1 is 1.47 bits per heavy atom. The first-order valence-electron chi connectivity index (χ1n) is 6.10. The largest absolute Gasteiger partial charge is 0.467 e. The van der Waals surface area contributed by atoms with E-state index in [2.05, 4.69) is 17.3 Å². The average Bonchev–Trinajstić information content (AvgIpc) is 2.92. The first-order valence-corrected chi connectivity index (χ1v) is 6.10. The fourth-order valence-electron chi connectivity index (χ4n) is 1.91. The van der Waals surface area contributed by atoms with Crippen LogP contribution < -0.4 is 5.32 Å². The van der Waals surface area contributed by atoms with Crippen LogP contribution in [0, 0.1) is 6.92 Å². The molecule has 1 aliphatic rings. The second kappa shape index (κ2) is 4.37. The zero-order valence-electron chi connectivity index (χ0n) is 10.0. The number of nitrogens with one attached hydrogen (secondary N) is 1. The molecule has 4 nitrogen and oxygen atoms in total. The predicted octanol–water partition coefficient (Wildman–Crippen LogP) is 2.08. The van der Waals surface area contributed by atoms with Crippen molar-refractivity contribution in [1.29, 1.82) is 0 Å². The number of hydrogen-bond acceptors (Lipinski definition) is 3. The molecule has 0 unspecified atom stereocenters. The number of hydrogen-bond donors (Lipinski definition) is 1. The van der Waals surface area contributed by atoms with Gasteiger partial charge in [0.1, 0.15) is 5.76 Å². The van der Waals surface area contributed by atoms with Gasteiger partial charge in [-0.05, 0) is 31.9 Å². The van der Waals surface area contributed by atoms with E-state index >= 15 is 0 Å². The third-order valence-electron chi connectivity index (χ3n) is 3.22. The maximum atomic E-state index is 5.54. The molecule has 0 atom stereocenters. The molecule has 0 radical (unpaired) electrons. The van der Waals surface area contributed by atoms with Gasteiger partial charge in [-0.2, -0.15) is 5.10 Å². The van der Waals surface area contributed by atoms with Crippen molar-refractivity contribution in [2.75, 3.05) is 0 Å². The van der Waals surface area contributed by atoms with E-state index in [-0.39, 0.29) is 0 Å². The van der Waals surface area contributed by atoms with Crippen LogP contribution in [-0.4, -0.2) is 15.8 Å². The lowest BCUT2D eigenvalue weighted by molar-refractivity contribution is 0.469. The zero-order valence-corrected chi connectivity index (χ0v) is 10.0. The van der Waals surface area contributed by atoms with Gasteiger partial charge in [0, 0.05) is 30.0 Å². The van der Waals surface area contributed by atoms with E-state index in [0.717, 1.165) is 24.0 Å². The lowest BCUT2D eigenvalue weighted by atomic mass is 10.2. The van der Waals surface area contributed by atoms with Crippen LogP contribution in [0.2, 0.25) is 0 Å². The van der Waals surface area contributed by atoms with E-state index in [4.69, 9.17) is 4.42 Å². The molecule has 0 spiro atoms. The van der Waals surface area contributed by atoms with Crippen molar-refractivity contribution in [2.45, 2.75) is 38.9 Å². The van der Waals surface area contributed by atoms with E-state index < -0.39 is 0 Å². The zero-order chi connectivity index (χ0) is 11.7. The number of rotatable bonds is 5. The maximum absolute atomic E-state index is 5.54. The Morgan fingerprint density at radius 2 is 2.35 bits per heavy atom. The van der Waals surface area contributed by atoms with Crippen LogP contribution in [0.15, 0.2) is 29.0 Å². The SMILES string of the molecule is Cc1ccnn1Cc1occc1CNC1CC1. The summed E-state index contributed by atoms with van der Waals surface area (Å²) in [5.41, 5.74) is 2.40. The van der Waals surface area contributed by atoms with Gasteiger partial charge in [0.25, 0.3) is 0 Å². The molecule has 0 amide bonds. The topological polar surface area (TPSA) is 43.0 Å². The first-order chi connectivity index (χ1) is 8.33. The summed E-state index contributed by atoms with van der Waals surface area (Å²) in [5.74, 6) is 1.00. The Kier molecular flexibility index (Phi) is 2.73.